The summed E-state index contributed by atoms with van der Waals surface area (Å²) in [6.45, 7) is 0.0507. The summed E-state index contributed by atoms with van der Waals surface area (Å²) in [7, 11) is 0. The molecular formula is C14H24N6O4. The van der Waals surface area contributed by atoms with Crippen LogP contribution in [0.3, 0.4) is 0 Å². The zero-order chi connectivity index (χ0) is 18.1. The van der Waals surface area contributed by atoms with Gasteiger partial charge in [0.1, 0.15) is 12.9 Å². The van der Waals surface area contributed by atoms with E-state index in [9.17, 15) is 14.4 Å². The zero-order valence-corrected chi connectivity index (χ0v) is 13.4. The Balaban J connectivity index is 2.54. The second-order valence-electron chi connectivity index (χ2n) is 5.42. The summed E-state index contributed by atoms with van der Waals surface area (Å²) < 4.78 is 1.27. The highest BCUT2D eigenvalue weighted by atomic mass is 16.4. The number of hydrogen-bond donors (Lipinski definition) is 5. The van der Waals surface area contributed by atoms with Crippen molar-refractivity contribution in [2.75, 3.05) is 13.1 Å². The number of carbonyl (C=O) groups excluding carboxylic acids is 2. The topological polar surface area (TPSA) is 179 Å². The number of hydrogen-bond acceptors (Lipinski definition) is 7. The van der Waals surface area contributed by atoms with Gasteiger partial charge in [0.2, 0.25) is 11.8 Å². The number of carboxylic acid groups (broad SMARTS) is 1. The molecular weight excluding hydrogens is 316 g/mol. The average molecular weight is 340 g/mol. The summed E-state index contributed by atoms with van der Waals surface area (Å²) in [5, 5.41) is 10.7. The average Bonchev–Trinajstić information content (AvgIpc) is 3.00. The molecule has 0 aromatic carbocycles. The lowest BCUT2D eigenvalue weighted by Gasteiger charge is -2.10. The van der Waals surface area contributed by atoms with Gasteiger partial charge in [-0.05, 0) is 19.4 Å². The van der Waals surface area contributed by atoms with Crippen molar-refractivity contribution in [3.8, 4) is 0 Å². The fourth-order valence-corrected chi connectivity index (χ4v) is 2.02. The molecule has 1 heterocycles. The lowest BCUT2D eigenvalue weighted by molar-refractivity contribution is -0.138. The van der Waals surface area contributed by atoms with E-state index < -0.39 is 30.5 Å². The van der Waals surface area contributed by atoms with E-state index >= 15 is 0 Å². The molecule has 10 nitrogen and oxygen atoms in total. The number of aliphatic carboxylic acids is 1. The van der Waals surface area contributed by atoms with Crippen molar-refractivity contribution in [1.29, 1.82) is 0 Å². The van der Waals surface area contributed by atoms with E-state index in [4.69, 9.17) is 22.3 Å². The molecule has 0 radical (unpaired) electrons. The van der Waals surface area contributed by atoms with Crippen LogP contribution in [0.15, 0.2) is 12.5 Å². The first-order valence-electron chi connectivity index (χ1n) is 7.63. The highest BCUT2D eigenvalue weighted by Crippen LogP contribution is 2.05. The molecule has 0 aliphatic rings. The maximum Gasteiger partial charge on any atom is 0.322 e. The molecule has 1 aromatic heterocycles. The van der Waals surface area contributed by atoms with Crippen LogP contribution in [0.4, 0.5) is 0 Å². The Labute approximate surface area is 139 Å². The van der Waals surface area contributed by atoms with Crippen molar-refractivity contribution in [1.82, 2.24) is 14.9 Å². The van der Waals surface area contributed by atoms with E-state index in [1.165, 1.54) is 17.1 Å². The van der Waals surface area contributed by atoms with Gasteiger partial charge in [0, 0.05) is 12.6 Å². The van der Waals surface area contributed by atoms with Crippen molar-refractivity contribution in [2.24, 2.45) is 17.2 Å². The van der Waals surface area contributed by atoms with Crippen LogP contribution in [-0.4, -0.2) is 57.6 Å². The van der Waals surface area contributed by atoms with Gasteiger partial charge in [-0.2, -0.15) is 0 Å². The Bertz CT molecular complexity index is 573. The van der Waals surface area contributed by atoms with Gasteiger partial charge in [-0.1, -0.05) is 6.42 Å². The maximum atomic E-state index is 12.1. The first-order chi connectivity index (χ1) is 11.3. The molecule has 0 unspecified atom stereocenters. The third-order valence-electron chi connectivity index (χ3n) is 3.36. The van der Waals surface area contributed by atoms with Crippen LogP contribution in [0.1, 0.15) is 29.8 Å². The smallest absolute Gasteiger partial charge is 0.322 e. The predicted octanol–water partition coefficient (Wildman–Crippen LogP) is -1.95. The lowest BCUT2D eigenvalue weighted by Crippen LogP contribution is -2.43. The molecule has 0 aliphatic carbocycles. The predicted molar refractivity (Wildman–Crippen MR) is 86.1 cm³/mol. The molecule has 0 bridgehead atoms. The molecule has 10 heteroatoms. The summed E-state index contributed by atoms with van der Waals surface area (Å²) in [4.78, 5) is 38.2. The normalized spacial score (nSPS) is 13.3. The van der Waals surface area contributed by atoms with Crippen LogP contribution >= 0.6 is 0 Å². The van der Waals surface area contributed by atoms with Crippen LogP contribution in [0.2, 0.25) is 0 Å². The fourth-order valence-electron chi connectivity index (χ4n) is 2.02. The monoisotopic (exact) mass is 340 g/mol. The number of unbranched alkanes of at least 4 members (excludes halogenated alkanes) is 1. The summed E-state index contributed by atoms with van der Waals surface area (Å²) in [6, 6.07) is -1.60. The maximum absolute atomic E-state index is 12.1. The van der Waals surface area contributed by atoms with Gasteiger partial charge in [0.05, 0.1) is 17.8 Å². The molecule has 0 spiro atoms. The minimum absolute atomic E-state index is 0.0775. The van der Waals surface area contributed by atoms with Gasteiger partial charge in [-0.3, -0.25) is 19.0 Å². The molecule has 24 heavy (non-hydrogen) atoms. The van der Waals surface area contributed by atoms with E-state index in [-0.39, 0.29) is 12.3 Å². The Morgan fingerprint density at radius 3 is 2.58 bits per heavy atom. The summed E-state index contributed by atoms with van der Waals surface area (Å²) in [5.41, 5.74) is 17.4. The number of carboxylic acids is 1. The summed E-state index contributed by atoms with van der Waals surface area (Å²) in [5.74, 6) is -2.06. The van der Waals surface area contributed by atoms with Gasteiger partial charge in [0.25, 0.3) is 0 Å². The third kappa shape index (κ3) is 6.44. The summed E-state index contributed by atoms with van der Waals surface area (Å²) in [6.07, 6.45) is 4.96. The van der Waals surface area contributed by atoms with Crippen molar-refractivity contribution in [3.05, 3.63) is 18.2 Å². The molecule has 134 valence electrons. The fraction of sp³-hybridized carbons (Fsp3) is 0.571. The number of aromatic nitrogens is 2. The van der Waals surface area contributed by atoms with Crippen LogP contribution in [-0.2, 0) is 16.0 Å². The van der Waals surface area contributed by atoms with Crippen LogP contribution in [0, 0.1) is 0 Å². The number of amides is 1. The van der Waals surface area contributed by atoms with Crippen molar-refractivity contribution in [2.45, 2.75) is 37.8 Å². The molecule has 0 fully saturated rings. The first-order valence-corrected chi connectivity index (χ1v) is 7.63. The Hall–Kier alpha value is -2.30. The van der Waals surface area contributed by atoms with E-state index in [0.29, 0.717) is 18.7 Å². The van der Waals surface area contributed by atoms with E-state index in [0.717, 1.165) is 12.8 Å². The molecule has 1 amide bonds. The van der Waals surface area contributed by atoms with E-state index in [2.05, 4.69) is 10.3 Å². The highest BCUT2D eigenvalue weighted by Gasteiger charge is 2.19. The van der Waals surface area contributed by atoms with Gasteiger partial charge >= 0.3 is 5.97 Å². The Kier molecular flexibility index (Phi) is 8.02. The third-order valence-corrected chi connectivity index (χ3v) is 3.36. The van der Waals surface area contributed by atoms with Gasteiger partial charge < -0.3 is 27.6 Å². The Morgan fingerprint density at radius 2 is 1.96 bits per heavy atom. The van der Waals surface area contributed by atoms with Crippen LogP contribution in [0.25, 0.3) is 0 Å². The standard InChI is InChI=1S/C14H24N6O4/c15-4-2-1-3-10(16)14(24)20-7-9(19-8-20)5-11(17)13(23)18-6-12(21)22/h7-8,10-11H,1-6,15-17H2,(H,18,23)(H,21,22)/t10-,11-/m0/s1. The largest absolute Gasteiger partial charge is 0.480 e. The van der Waals surface area contributed by atoms with E-state index in [1.54, 1.807) is 0 Å². The lowest BCUT2D eigenvalue weighted by atomic mass is 10.1. The quantitative estimate of drug-likeness (QED) is 0.305. The number of carbonyl (C=O) groups is 3. The van der Waals surface area contributed by atoms with E-state index in [1.807, 2.05) is 0 Å². The Morgan fingerprint density at radius 1 is 1.25 bits per heavy atom. The molecule has 1 rings (SSSR count). The number of nitrogens with two attached hydrogens (primary N) is 3. The first kappa shape index (κ1) is 19.7. The number of imidazole rings is 1. The van der Waals surface area contributed by atoms with Crippen LogP contribution < -0.4 is 22.5 Å². The number of nitrogens with zero attached hydrogens (tertiary/aromatic N) is 2. The molecule has 2 atom stereocenters. The zero-order valence-electron chi connectivity index (χ0n) is 13.4. The second-order valence-corrected chi connectivity index (χ2v) is 5.42. The minimum atomic E-state index is -1.16. The number of rotatable bonds is 10. The summed E-state index contributed by atoms with van der Waals surface area (Å²) >= 11 is 0. The molecule has 0 aliphatic heterocycles. The van der Waals surface area contributed by atoms with Crippen LogP contribution in [0.5, 0.6) is 0 Å². The minimum Gasteiger partial charge on any atom is -0.480 e. The molecule has 0 saturated carbocycles. The number of nitrogens with one attached hydrogen (secondary N) is 1. The molecule has 0 saturated heterocycles. The highest BCUT2D eigenvalue weighted by molar-refractivity contribution is 5.85. The molecule has 8 N–H and O–H groups in total. The van der Waals surface area contributed by atoms with Crippen molar-refractivity contribution < 1.29 is 19.5 Å². The second kappa shape index (κ2) is 9.75. The van der Waals surface area contributed by atoms with Gasteiger partial charge in [-0.15, -0.1) is 0 Å². The molecule has 1 aromatic rings. The SMILES string of the molecule is NCCCC[C@H](N)C(=O)n1cnc(C[C@H](N)C(=O)NCC(=O)O)c1. The van der Waals surface area contributed by atoms with Crippen molar-refractivity contribution >= 4 is 17.8 Å². The van der Waals surface area contributed by atoms with Crippen molar-refractivity contribution in [3.63, 3.8) is 0 Å². The van der Waals surface area contributed by atoms with Gasteiger partial charge in [0.15, 0.2) is 0 Å². The van der Waals surface area contributed by atoms with Gasteiger partial charge in [-0.25, -0.2) is 4.98 Å².